The van der Waals surface area contributed by atoms with Crippen LogP contribution in [-0.4, -0.2) is 37.6 Å². The van der Waals surface area contributed by atoms with Crippen LogP contribution in [0.3, 0.4) is 0 Å². The summed E-state index contributed by atoms with van der Waals surface area (Å²) in [6, 6.07) is 0. The SMILES string of the molecule is CCCCCCCC/C=C\CCCCCCCC(=O)C[C@@H](C)C(=O)CCCCCCC/C=C\CCCCCCCC.CN(C)C. The van der Waals surface area contributed by atoms with Gasteiger partial charge >= 0.3 is 0 Å². The Kier molecular flexibility index (Phi) is 39.7. The van der Waals surface area contributed by atoms with Crippen molar-refractivity contribution in [2.75, 3.05) is 21.1 Å². The van der Waals surface area contributed by atoms with Crippen molar-refractivity contribution in [3.8, 4) is 0 Å². The molecule has 0 unspecified atom stereocenters. The molecule has 0 rings (SSSR count). The number of allylic oxidation sites excluding steroid dienone is 4. The minimum Gasteiger partial charge on any atom is -0.312 e. The zero-order chi connectivity index (χ0) is 33.6. The lowest BCUT2D eigenvalue weighted by molar-refractivity contribution is -0.127. The van der Waals surface area contributed by atoms with E-state index in [9.17, 15) is 9.59 Å². The Morgan fingerprint density at radius 1 is 0.467 bits per heavy atom. The monoisotopic (exact) mass is 632 g/mol. The van der Waals surface area contributed by atoms with Crippen LogP contribution in [-0.2, 0) is 9.59 Å². The summed E-state index contributed by atoms with van der Waals surface area (Å²) in [6.45, 7) is 6.50. The van der Waals surface area contributed by atoms with E-state index in [1.165, 1.54) is 141 Å². The lowest BCUT2D eigenvalue weighted by Crippen LogP contribution is -2.15. The fourth-order valence-corrected chi connectivity index (χ4v) is 5.57. The Labute approximate surface area is 283 Å². The number of Topliss-reactive ketones (excluding diaryl/α,β-unsaturated/α-hetero) is 2. The average molecular weight is 632 g/mol. The molecule has 0 saturated carbocycles. The van der Waals surface area contributed by atoms with Crippen molar-refractivity contribution in [1.82, 2.24) is 4.90 Å². The molecule has 266 valence electrons. The first kappa shape index (κ1) is 45.9. The molecule has 0 amide bonds. The van der Waals surface area contributed by atoms with Gasteiger partial charge in [0.15, 0.2) is 0 Å². The molecule has 0 spiro atoms. The van der Waals surface area contributed by atoms with Gasteiger partial charge in [0.05, 0.1) is 0 Å². The smallest absolute Gasteiger partial charge is 0.136 e. The van der Waals surface area contributed by atoms with Crippen molar-refractivity contribution >= 4 is 11.6 Å². The third kappa shape index (κ3) is 42.8. The fourth-order valence-electron chi connectivity index (χ4n) is 5.57. The number of carbonyl (C=O) groups excluding carboxylic acids is 2. The van der Waals surface area contributed by atoms with Crippen molar-refractivity contribution in [2.24, 2.45) is 5.92 Å². The number of hydrogen-bond acceptors (Lipinski definition) is 3. The second-order valence-electron chi connectivity index (χ2n) is 14.1. The van der Waals surface area contributed by atoms with E-state index in [4.69, 9.17) is 0 Å². The largest absolute Gasteiger partial charge is 0.312 e. The van der Waals surface area contributed by atoms with Gasteiger partial charge in [0, 0.05) is 25.2 Å². The molecular weight excluding hydrogens is 550 g/mol. The summed E-state index contributed by atoms with van der Waals surface area (Å²) in [5.74, 6) is 0.482. The zero-order valence-corrected chi connectivity index (χ0v) is 31.7. The maximum absolute atomic E-state index is 12.5. The number of ketones is 2. The van der Waals surface area contributed by atoms with E-state index in [0.29, 0.717) is 25.0 Å². The highest BCUT2D eigenvalue weighted by atomic mass is 16.1. The molecule has 0 aromatic heterocycles. The summed E-state index contributed by atoms with van der Waals surface area (Å²) in [6.07, 6.45) is 44.4. The zero-order valence-electron chi connectivity index (χ0n) is 31.7. The first-order valence-corrected chi connectivity index (χ1v) is 19.8. The molecule has 3 nitrogen and oxygen atoms in total. The molecule has 0 fully saturated rings. The van der Waals surface area contributed by atoms with E-state index in [1.54, 1.807) is 0 Å². The van der Waals surface area contributed by atoms with Gasteiger partial charge in [-0.05, 0) is 85.4 Å². The molecular formula is C42H81NO2. The van der Waals surface area contributed by atoms with Crippen LogP contribution in [0.15, 0.2) is 24.3 Å². The predicted molar refractivity (Wildman–Crippen MR) is 202 cm³/mol. The van der Waals surface area contributed by atoms with E-state index in [0.717, 1.165) is 25.7 Å². The molecule has 0 saturated heterocycles. The number of unbranched alkanes of at least 4 members (excludes halogenated alkanes) is 22. The van der Waals surface area contributed by atoms with Crippen molar-refractivity contribution in [3.63, 3.8) is 0 Å². The van der Waals surface area contributed by atoms with Crippen LogP contribution in [0.1, 0.15) is 207 Å². The number of nitrogens with zero attached hydrogens (tertiary/aromatic N) is 1. The van der Waals surface area contributed by atoms with E-state index in [1.807, 2.05) is 33.0 Å². The van der Waals surface area contributed by atoms with Crippen molar-refractivity contribution in [1.29, 1.82) is 0 Å². The first-order valence-electron chi connectivity index (χ1n) is 19.8. The Bertz CT molecular complexity index is 663. The van der Waals surface area contributed by atoms with Gasteiger partial charge in [-0.15, -0.1) is 0 Å². The van der Waals surface area contributed by atoms with E-state index in [2.05, 4.69) is 38.2 Å². The molecule has 0 aliphatic heterocycles. The van der Waals surface area contributed by atoms with Gasteiger partial charge in [-0.25, -0.2) is 0 Å². The van der Waals surface area contributed by atoms with Gasteiger partial charge in [-0.2, -0.15) is 0 Å². The summed E-state index contributed by atoms with van der Waals surface area (Å²) >= 11 is 0. The fraction of sp³-hybridized carbons (Fsp3) is 0.857. The van der Waals surface area contributed by atoms with Crippen LogP contribution >= 0.6 is 0 Å². The summed E-state index contributed by atoms with van der Waals surface area (Å²) in [4.78, 5) is 26.8. The van der Waals surface area contributed by atoms with E-state index < -0.39 is 0 Å². The van der Waals surface area contributed by atoms with Crippen molar-refractivity contribution in [3.05, 3.63) is 24.3 Å². The summed E-state index contributed by atoms with van der Waals surface area (Å²) < 4.78 is 0. The van der Waals surface area contributed by atoms with Crippen LogP contribution in [0.25, 0.3) is 0 Å². The highest BCUT2D eigenvalue weighted by Crippen LogP contribution is 2.16. The van der Waals surface area contributed by atoms with Crippen LogP contribution < -0.4 is 0 Å². The van der Waals surface area contributed by atoms with Gasteiger partial charge in [-0.3, -0.25) is 9.59 Å². The molecule has 0 bridgehead atoms. The second kappa shape index (κ2) is 39.0. The summed E-state index contributed by atoms with van der Waals surface area (Å²) in [7, 11) is 6.00. The van der Waals surface area contributed by atoms with Gasteiger partial charge in [0.25, 0.3) is 0 Å². The maximum atomic E-state index is 12.5. The van der Waals surface area contributed by atoms with Gasteiger partial charge in [-0.1, -0.05) is 148 Å². The first-order chi connectivity index (χ1) is 21.8. The maximum Gasteiger partial charge on any atom is 0.136 e. The molecule has 0 heterocycles. The van der Waals surface area contributed by atoms with Gasteiger partial charge in [0.1, 0.15) is 11.6 Å². The lowest BCUT2D eigenvalue weighted by Gasteiger charge is -2.10. The van der Waals surface area contributed by atoms with E-state index >= 15 is 0 Å². The average Bonchev–Trinajstić information content (AvgIpc) is 3.00. The van der Waals surface area contributed by atoms with Crippen LogP contribution in [0, 0.1) is 5.92 Å². The highest BCUT2D eigenvalue weighted by molar-refractivity contribution is 5.87. The molecule has 0 aliphatic rings. The molecule has 45 heavy (non-hydrogen) atoms. The molecule has 0 N–H and O–H groups in total. The minimum absolute atomic E-state index is 0.0950. The number of rotatable bonds is 33. The number of carbonyl (C=O) groups is 2. The number of hydrogen-bond donors (Lipinski definition) is 0. The van der Waals surface area contributed by atoms with Gasteiger partial charge in [0.2, 0.25) is 0 Å². The molecule has 0 aromatic carbocycles. The lowest BCUT2D eigenvalue weighted by atomic mass is 9.94. The summed E-state index contributed by atoms with van der Waals surface area (Å²) in [5, 5.41) is 0. The molecule has 3 heteroatoms. The molecule has 1 atom stereocenters. The Morgan fingerprint density at radius 2 is 0.756 bits per heavy atom. The second-order valence-corrected chi connectivity index (χ2v) is 14.1. The predicted octanol–water partition coefficient (Wildman–Crippen LogP) is 13.4. The standard InChI is InChI=1S/C39H72O2.C3H9N/c1-4-6-8-10-12-14-16-18-20-22-24-26-28-30-32-34-38(40)36-37(3)39(41)35-33-31-29-27-25-23-21-19-17-15-13-11-9-7-5-2;1-4(2)3/h18-21,37H,4-17,22-36H2,1-3H3;1-3H3/b20-18-,21-19-;/t37-;/m1./s1. The van der Waals surface area contributed by atoms with E-state index in [-0.39, 0.29) is 11.7 Å². The highest BCUT2D eigenvalue weighted by Gasteiger charge is 2.16. The van der Waals surface area contributed by atoms with Gasteiger partial charge < -0.3 is 4.90 Å². The Balaban J connectivity index is 0. The quantitative estimate of drug-likeness (QED) is 0.0534. The normalized spacial score (nSPS) is 12.2. The summed E-state index contributed by atoms with van der Waals surface area (Å²) in [5.41, 5.74) is 0. The Morgan fingerprint density at radius 3 is 1.11 bits per heavy atom. The van der Waals surface area contributed by atoms with Crippen LogP contribution in [0.4, 0.5) is 0 Å². The molecule has 0 radical (unpaired) electrons. The Hall–Kier alpha value is -1.22. The van der Waals surface area contributed by atoms with Crippen molar-refractivity contribution in [2.45, 2.75) is 207 Å². The molecule has 0 aliphatic carbocycles. The molecule has 0 aromatic rings. The van der Waals surface area contributed by atoms with Crippen LogP contribution in [0.5, 0.6) is 0 Å². The third-order valence-corrected chi connectivity index (χ3v) is 8.49. The topological polar surface area (TPSA) is 37.4 Å². The third-order valence-electron chi connectivity index (χ3n) is 8.49. The minimum atomic E-state index is -0.0950. The van der Waals surface area contributed by atoms with Crippen LogP contribution in [0.2, 0.25) is 0 Å². The van der Waals surface area contributed by atoms with Crippen molar-refractivity contribution < 1.29 is 9.59 Å².